The summed E-state index contributed by atoms with van der Waals surface area (Å²) in [6.45, 7) is 6.72. The molecule has 1 heterocycles. The number of ketones is 1. The summed E-state index contributed by atoms with van der Waals surface area (Å²) in [6.07, 6.45) is 5.35. The quantitative estimate of drug-likeness (QED) is 0.772. The second-order valence-electron chi connectivity index (χ2n) is 4.82. The smallest absolute Gasteiger partial charge is 0.167 e. The van der Waals surface area contributed by atoms with E-state index in [1.807, 2.05) is 42.8 Å². The Kier molecular flexibility index (Phi) is 3.60. The fourth-order valence-electron chi connectivity index (χ4n) is 1.97. The van der Waals surface area contributed by atoms with E-state index in [0.717, 1.165) is 11.1 Å². The van der Waals surface area contributed by atoms with Gasteiger partial charge in [-0.05, 0) is 31.0 Å². The lowest BCUT2D eigenvalue weighted by Gasteiger charge is -2.12. The minimum atomic E-state index is -0.0405. The van der Waals surface area contributed by atoms with Crippen LogP contribution in [-0.2, 0) is 6.54 Å². The van der Waals surface area contributed by atoms with Crippen molar-refractivity contribution < 1.29 is 4.79 Å². The average Bonchev–Trinajstić information content (AvgIpc) is 2.84. The second kappa shape index (κ2) is 5.17. The highest BCUT2D eigenvalue weighted by molar-refractivity contribution is 5.97. The molecule has 0 saturated carbocycles. The number of hydrogen-bond donors (Lipinski definition) is 0. The van der Waals surface area contributed by atoms with Gasteiger partial charge in [-0.25, -0.2) is 4.98 Å². The normalized spacial score (nSPS) is 12.4. The monoisotopic (exact) mass is 242 g/mol. The van der Waals surface area contributed by atoms with Crippen molar-refractivity contribution in [3.05, 3.63) is 53.6 Å². The first-order valence-corrected chi connectivity index (χ1v) is 6.15. The molecule has 0 aliphatic rings. The zero-order chi connectivity index (χ0) is 13.1. The zero-order valence-electron chi connectivity index (χ0n) is 11.1. The maximum absolute atomic E-state index is 12.3. The van der Waals surface area contributed by atoms with E-state index in [1.165, 1.54) is 5.56 Å². The Hall–Kier alpha value is -1.90. The summed E-state index contributed by atoms with van der Waals surface area (Å²) < 4.78 is 1.93. The maximum Gasteiger partial charge on any atom is 0.167 e. The van der Waals surface area contributed by atoms with Gasteiger partial charge in [-0.2, -0.15) is 0 Å². The van der Waals surface area contributed by atoms with Crippen LogP contribution in [0.2, 0.25) is 0 Å². The third kappa shape index (κ3) is 2.67. The Labute approximate surface area is 107 Å². The van der Waals surface area contributed by atoms with E-state index in [-0.39, 0.29) is 11.7 Å². The summed E-state index contributed by atoms with van der Waals surface area (Å²) in [4.78, 5) is 16.3. The molecule has 3 heteroatoms. The molecule has 94 valence electrons. The molecule has 0 radical (unpaired) electrons. The third-order valence-corrected chi connectivity index (χ3v) is 3.28. The van der Waals surface area contributed by atoms with Gasteiger partial charge >= 0.3 is 0 Å². The third-order valence-electron chi connectivity index (χ3n) is 3.28. The Bertz CT molecular complexity index is 544. The highest BCUT2D eigenvalue weighted by atomic mass is 16.1. The van der Waals surface area contributed by atoms with Crippen LogP contribution in [0.1, 0.15) is 28.4 Å². The van der Waals surface area contributed by atoms with Crippen LogP contribution in [0, 0.1) is 19.8 Å². The molecule has 3 nitrogen and oxygen atoms in total. The van der Waals surface area contributed by atoms with Gasteiger partial charge in [-0.15, -0.1) is 0 Å². The molecule has 1 aromatic carbocycles. The van der Waals surface area contributed by atoms with Gasteiger partial charge in [-0.1, -0.05) is 19.1 Å². The molecule has 0 bridgehead atoms. The fraction of sp³-hybridized carbons (Fsp3) is 0.333. The number of Topliss-reactive ketones (excluding diaryl/α,β-unsaturated/α-hetero) is 1. The van der Waals surface area contributed by atoms with Crippen molar-refractivity contribution in [3.63, 3.8) is 0 Å². The minimum absolute atomic E-state index is 0.0405. The fourth-order valence-corrected chi connectivity index (χ4v) is 1.97. The standard InChI is InChI=1S/C15H18N2O/c1-11-4-5-14(8-12(11)2)15(18)13(3)9-17-7-6-16-10-17/h4-8,10,13H,9H2,1-3H3. The van der Waals surface area contributed by atoms with Gasteiger partial charge in [0.05, 0.1) is 6.33 Å². The van der Waals surface area contributed by atoms with Gasteiger partial charge in [0.25, 0.3) is 0 Å². The van der Waals surface area contributed by atoms with Crippen LogP contribution in [0.3, 0.4) is 0 Å². The van der Waals surface area contributed by atoms with E-state index in [2.05, 4.69) is 11.9 Å². The Morgan fingerprint density at radius 3 is 2.72 bits per heavy atom. The SMILES string of the molecule is Cc1ccc(C(=O)C(C)Cn2ccnc2)cc1C. The van der Waals surface area contributed by atoms with E-state index in [9.17, 15) is 4.79 Å². The predicted molar refractivity (Wildman–Crippen MR) is 71.6 cm³/mol. The lowest BCUT2D eigenvalue weighted by atomic mass is 9.96. The molecule has 0 aliphatic carbocycles. The topological polar surface area (TPSA) is 34.9 Å². The zero-order valence-corrected chi connectivity index (χ0v) is 11.1. The van der Waals surface area contributed by atoms with Gasteiger partial charge in [0.2, 0.25) is 0 Å². The number of imidazole rings is 1. The molecular weight excluding hydrogens is 224 g/mol. The van der Waals surface area contributed by atoms with Gasteiger partial charge in [0.1, 0.15) is 0 Å². The predicted octanol–water partition coefficient (Wildman–Crippen LogP) is 3.02. The molecule has 1 unspecified atom stereocenters. The molecule has 2 aromatic rings. The largest absolute Gasteiger partial charge is 0.337 e. The Balaban J connectivity index is 2.12. The lowest BCUT2D eigenvalue weighted by molar-refractivity contribution is 0.0918. The Morgan fingerprint density at radius 2 is 2.11 bits per heavy atom. The molecule has 0 N–H and O–H groups in total. The van der Waals surface area contributed by atoms with Crippen molar-refractivity contribution >= 4 is 5.78 Å². The van der Waals surface area contributed by atoms with Crippen molar-refractivity contribution in [2.45, 2.75) is 27.3 Å². The maximum atomic E-state index is 12.3. The number of nitrogens with zero attached hydrogens (tertiary/aromatic N) is 2. The number of rotatable bonds is 4. The summed E-state index contributed by atoms with van der Waals surface area (Å²) in [5.74, 6) is 0.146. The molecular formula is C15H18N2O. The molecule has 2 rings (SSSR count). The van der Waals surface area contributed by atoms with Crippen LogP contribution in [0.25, 0.3) is 0 Å². The average molecular weight is 242 g/mol. The number of hydrogen-bond acceptors (Lipinski definition) is 2. The molecule has 0 aliphatic heterocycles. The van der Waals surface area contributed by atoms with Crippen molar-refractivity contribution in [2.75, 3.05) is 0 Å². The molecule has 0 fully saturated rings. The number of carbonyl (C=O) groups excluding carboxylic acids is 1. The van der Waals surface area contributed by atoms with Crippen LogP contribution < -0.4 is 0 Å². The minimum Gasteiger partial charge on any atom is -0.337 e. The highest BCUT2D eigenvalue weighted by Gasteiger charge is 2.15. The van der Waals surface area contributed by atoms with Crippen molar-refractivity contribution in [1.82, 2.24) is 9.55 Å². The first kappa shape index (κ1) is 12.6. The number of benzene rings is 1. The van der Waals surface area contributed by atoms with Crippen molar-refractivity contribution in [2.24, 2.45) is 5.92 Å². The first-order valence-electron chi connectivity index (χ1n) is 6.15. The van der Waals surface area contributed by atoms with Gasteiger partial charge < -0.3 is 4.57 Å². The summed E-state index contributed by atoms with van der Waals surface area (Å²) in [6, 6.07) is 5.89. The highest BCUT2D eigenvalue weighted by Crippen LogP contribution is 2.15. The Morgan fingerprint density at radius 1 is 1.33 bits per heavy atom. The van der Waals surface area contributed by atoms with E-state index < -0.39 is 0 Å². The van der Waals surface area contributed by atoms with Gasteiger partial charge in [-0.3, -0.25) is 4.79 Å². The van der Waals surface area contributed by atoms with Gasteiger partial charge in [0.15, 0.2) is 5.78 Å². The second-order valence-corrected chi connectivity index (χ2v) is 4.82. The molecule has 0 spiro atoms. The number of aryl methyl sites for hydroxylation is 2. The van der Waals surface area contributed by atoms with E-state index in [0.29, 0.717) is 6.54 Å². The number of aromatic nitrogens is 2. The van der Waals surface area contributed by atoms with Crippen molar-refractivity contribution in [3.8, 4) is 0 Å². The van der Waals surface area contributed by atoms with Crippen LogP contribution in [0.15, 0.2) is 36.9 Å². The lowest BCUT2D eigenvalue weighted by Crippen LogP contribution is -2.17. The number of carbonyl (C=O) groups is 1. The van der Waals surface area contributed by atoms with Crippen LogP contribution in [-0.4, -0.2) is 15.3 Å². The molecule has 18 heavy (non-hydrogen) atoms. The van der Waals surface area contributed by atoms with Crippen LogP contribution in [0.4, 0.5) is 0 Å². The summed E-state index contributed by atoms with van der Waals surface area (Å²) in [7, 11) is 0. The van der Waals surface area contributed by atoms with Crippen LogP contribution >= 0.6 is 0 Å². The van der Waals surface area contributed by atoms with E-state index >= 15 is 0 Å². The summed E-state index contributed by atoms with van der Waals surface area (Å²) in [5, 5.41) is 0. The molecule has 0 amide bonds. The molecule has 1 atom stereocenters. The summed E-state index contributed by atoms with van der Waals surface area (Å²) in [5.41, 5.74) is 3.18. The molecule has 1 aromatic heterocycles. The van der Waals surface area contributed by atoms with E-state index in [4.69, 9.17) is 0 Å². The molecule has 0 saturated heterocycles. The van der Waals surface area contributed by atoms with Crippen molar-refractivity contribution in [1.29, 1.82) is 0 Å². The first-order chi connectivity index (χ1) is 8.58. The summed E-state index contributed by atoms with van der Waals surface area (Å²) >= 11 is 0. The van der Waals surface area contributed by atoms with Gasteiger partial charge in [0, 0.05) is 30.4 Å². The van der Waals surface area contributed by atoms with Crippen LogP contribution in [0.5, 0.6) is 0 Å². The van der Waals surface area contributed by atoms with E-state index in [1.54, 1.807) is 12.5 Å².